The van der Waals surface area contributed by atoms with E-state index in [1.165, 1.54) is 6.42 Å². The van der Waals surface area contributed by atoms with Crippen LogP contribution in [-0.2, 0) is 11.3 Å². The Kier molecular flexibility index (Phi) is 9.08. The molecule has 0 spiro atoms. The summed E-state index contributed by atoms with van der Waals surface area (Å²) in [5.74, 6) is 0. The van der Waals surface area contributed by atoms with Gasteiger partial charge in [0.15, 0.2) is 0 Å². The highest BCUT2D eigenvalue weighted by atomic mass is 16.5. The van der Waals surface area contributed by atoms with E-state index < -0.39 is 0 Å². The summed E-state index contributed by atoms with van der Waals surface area (Å²) in [6.45, 7) is 6.95. The van der Waals surface area contributed by atoms with E-state index >= 15 is 0 Å². The van der Waals surface area contributed by atoms with Crippen molar-refractivity contribution in [3.63, 3.8) is 0 Å². The van der Waals surface area contributed by atoms with E-state index in [-0.39, 0.29) is 6.09 Å². The van der Waals surface area contributed by atoms with Crippen molar-refractivity contribution in [2.45, 2.75) is 33.7 Å². The standard InChI is InChI=1S/C10H13NO2.C3H8/c1-2-13-10(12)11-8-9-6-4-3-5-7-9;1-3-2/h3-7H,2,8H2,1H3,(H,11,12);3H2,1-2H3. The van der Waals surface area contributed by atoms with Crippen LogP contribution in [0.15, 0.2) is 30.3 Å². The molecule has 0 atom stereocenters. The molecule has 16 heavy (non-hydrogen) atoms. The fourth-order valence-corrected chi connectivity index (χ4v) is 0.952. The predicted molar refractivity (Wildman–Crippen MR) is 66.3 cm³/mol. The Morgan fingerprint density at radius 2 is 1.75 bits per heavy atom. The molecule has 1 rings (SSSR count). The lowest BCUT2D eigenvalue weighted by molar-refractivity contribution is 0.151. The molecule has 0 bridgehead atoms. The zero-order valence-corrected chi connectivity index (χ0v) is 10.3. The number of carbonyl (C=O) groups excluding carboxylic acids is 1. The second-order valence-corrected chi connectivity index (χ2v) is 3.27. The summed E-state index contributed by atoms with van der Waals surface area (Å²) in [6.07, 6.45) is 0.881. The minimum atomic E-state index is -0.369. The lowest BCUT2D eigenvalue weighted by atomic mass is 10.2. The number of hydrogen-bond donors (Lipinski definition) is 1. The average molecular weight is 223 g/mol. The van der Waals surface area contributed by atoms with Gasteiger partial charge in [0.05, 0.1) is 6.61 Å². The van der Waals surface area contributed by atoms with Gasteiger partial charge in [-0.1, -0.05) is 50.6 Å². The molecule has 0 radical (unpaired) electrons. The van der Waals surface area contributed by atoms with Gasteiger partial charge in [-0.25, -0.2) is 4.79 Å². The first kappa shape index (κ1) is 14.5. The first-order valence-electron chi connectivity index (χ1n) is 5.69. The van der Waals surface area contributed by atoms with Crippen LogP contribution in [0, 0.1) is 0 Å². The van der Waals surface area contributed by atoms with E-state index in [1.807, 2.05) is 30.3 Å². The SMILES string of the molecule is CCC.CCOC(=O)NCc1ccccc1. The molecule has 1 aromatic carbocycles. The summed E-state index contributed by atoms with van der Waals surface area (Å²) >= 11 is 0. The summed E-state index contributed by atoms with van der Waals surface area (Å²) in [6, 6.07) is 9.71. The maximum atomic E-state index is 10.9. The molecule has 0 unspecified atom stereocenters. The topological polar surface area (TPSA) is 38.3 Å². The lowest BCUT2D eigenvalue weighted by Gasteiger charge is -2.04. The first-order valence-corrected chi connectivity index (χ1v) is 5.69. The molecule has 3 nitrogen and oxygen atoms in total. The maximum absolute atomic E-state index is 10.9. The van der Waals surface area contributed by atoms with Gasteiger partial charge in [0.2, 0.25) is 0 Å². The molecular weight excluding hydrogens is 202 g/mol. The third kappa shape index (κ3) is 7.85. The van der Waals surface area contributed by atoms with Gasteiger partial charge in [-0.05, 0) is 12.5 Å². The largest absolute Gasteiger partial charge is 0.450 e. The smallest absolute Gasteiger partial charge is 0.407 e. The van der Waals surface area contributed by atoms with Gasteiger partial charge in [-0.15, -0.1) is 0 Å². The summed E-state index contributed by atoms with van der Waals surface area (Å²) < 4.78 is 4.71. The van der Waals surface area contributed by atoms with E-state index in [1.54, 1.807) is 6.92 Å². The number of rotatable bonds is 3. The zero-order valence-electron chi connectivity index (χ0n) is 10.3. The molecule has 0 saturated heterocycles. The van der Waals surface area contributed by atoms with Crippen molar-refractivity contribution < 1.29 is 9.53 Å². The minimum Gasteiger partial charge on any atom is -0.450 e. The van der Waals surface area contributed by atoms with Gasteiger partial charge >= 0.3 is 6.09 Å². The molecule has 0 aromatic heterocycles. The van der Waals surface area contributed by atoms with E-state index in [0.717, 1.165) is 5.56 Å². The van der Waals surface area contributed by atoms with Gasteiger partial charge in [-0.2, -0.15) is 0 Å². The van der Waals surface area contributed by atoms with Crippen LogP contribution in [0.5, 0.6) is 0 Å². The van der Waals surface area contributed by atoms with Gasteiger partial charge in [0, 0.05) is 6.54 Å². The number of hydrogen-bond acceptors (Lipinski definition) is 2. The number of carbonyl (C=O) groups is 1. The fraction of sp³-hybridized carbons (Fsp3) is 0.462. The van der Waals surface area contributed by atoms with E-state index in [9.17, 15) is 4.79 Å². The van der Waals surface area contributed by atoms with Crippen molar-refractivity contribution >= 4 is 6.09 Å². The Labute approximate surface area is 97.8 Å². The fourth-order valence-electron chi connectivity index (χ4n) is 0.952. The Balaban J connectivity index is 0.000000673. The maximum Gasteiger partial charge on any atom is 0.407 e. The van der Waals surface area contributed by atoms with Gasteiger partial charge < -0.3 is 10.1 Å². The summed E-state index contributed by atoms with van der Waals surface area (Å²) in [7, 11) is 0. The highest BCUT2D eigenvalue weighted by molar-refractivity contribution is 5.67. The molecule has 90 valence electrons. The van der Waals surface area contributed by atoms with Crippen molar-refractivity contribution in [2.75, 3.05) is 6.61 Å². The number of amides is 1. The van der Waals surface area contributed by atoms with Crippen molar-refractivity contribution in [3.05, 3.63) is 35.9 Å². The molecule has 0 aliphatic rings. The molecule has 1 N–H and O–H groups in total. The molecule has 0 aliphatic carbocycles. The number of alkyl carbamates (subject to hydrolysis) is 1. The Hall–Kier alpha value is -1.51. The minimum absolute atomic E-state index is 0.369. The molecule has 1 aromatic rings. The number of benzene rings is 1. The van der Waals surface area contributed by atoms with E-state index in [0.29, 0.717) is 13.2 Å². The van der Waals surface area contributed by atoms with Gasteiger partial charge in [0.1, 0.15) is 0 Å². The molecule has 0 saturated carbocycles. The van der Waals surface area contributed by atoms with Crippen LogP contribution in [0.3, 0.4) is 0 Å². The third-order valence-electron chi connectivity index (χ3n) is 1.56. The Morgan fingerprint density at radius 3 is 2.25 bits per heavy atom. The third-order valence-corrected chi connectivity index (χ3v) is 1.56. The van der Waals surface area contributed by atoms with Crippen LogP contribution >= 0.6 is 0 Å². The summed E-state index contributed by atoms with van der Waals surface area (Å²) in [5, 5.41) is 2.64. The quantitative estimate of drug-likeness (QED) is 0.853. The molecule has 1 amide bonds. The van der Waals surface area contributed by atoms with Crippen LogP contribution in [0.1, 0.15) is 32.8 Å². The first-order chi connectivity index (χ1) is 7.74. The van der Waals surface area contributed by atoms with Crippen molar-refractivity contribution in [3.8, 4) is 0 Å². The van der Waals surface area contributed by atoms with Gasteiger partial charge in [0.25, 0.3) is 0 Å². The molecular formula is C13H21NO2. The number of nitrogens with one attached hydrogen (secondary N) is 1. The highest BCUT2D eigenvalue weighted by Crippen LogP contribution is 1.97. The van der Waals surface area contributed by atoms with E-state index in [2.05, 4.69) is 19.2 Å². The summed E-state index contributed by atoms with van der Waals surface area (Å²) in [5.41, 5.74) is 1.07. The van der Waals surface area contributed by atoms with Crippen LogP contribution in [0.25, 0.3) is 0 Å². The monoisotopic (exact) mass is 223 g/mol. The summed E-state index contributed by atoms with van der Waals surface area (Å²) in [4.78, 5) is 10.9. The molecule has 0 heterocycles. The Bertz CT molecular complexity index is 273. The second kappa shape index (κ2) is 10.0. The number of ether oxygens (including phenoxy) is 1. The predicted octanol–water partition coefficient (Wildman–Crippen LogP) is 3.35. The van der Waals surface area contributed by atoms with Crippen molar-refractivity contribution in [2.24, 2.45) is 0 Å². The second-order valence-electron chi connectivity index (χ2n) is 3.27. The highest BCUT2D eigenvalue weighted by Gasteiger charge is 1.98. The van der Waals surface area contributed by atoms with Crippen molar-refractivity contribution in [1.82, 2.24) is 5.32 Å². The normalized spacial score (nSPS) is 8.69. The van der Waals surface area contributed by atoms with Crippen LogP contribution < -0.4 is 5.32 Å². The van der Waals surface area contributed by atoms with Crippen LogP contribution in [-0.4, -0.2) is 12.7 Å². The molecule has 0 fully saturated rings. The zero-order chi connectivity index (χ0) is 12.2. The lowest BCUT2D eigenvalue weighted by Crippen LogP contribution is -2.23. The average Bonchev–Trinajstić information content (AvgIpc) is 2.29. The molecule has 3 heteroatoms. The van der Waals surface area contributed by atoms with Crippen LogP contribution in [0.2, 0.25) is 0 Å². The van der Waals surface area contributed by atoms with Crippen LogP contribution in [0.4, 0.5) is 4.79 Å². The van der Waals surface area contributed by atoms with Crippen molar-refractivity contribution in [1.29, 1.82) is 0 Å². The Morgan fingerprint density at radius 1 is 1.19 bits per heavy atom. The molecule has 0 aliphatic heterocycles. The van der Waals surface area contributed by atoms with Gasteiger partial charge in [-0.3, -0.25) is 0 Å². The van der Waals surface area contributed by atoms with E-state index in [4.69, 9.17) is 4.74 Å².